The lowest BCUT2D eigenvalue weighted by molar-refractivity contribution is -0.129. The summed E-state index contributed by atoms with van der Waals surface area (Å²) in [5.74, 6) is -0.945. The standard InChI is InChI=1S/C21H23FN2O3/c22-18-12-10-16(11-13-18)15-19(17-7-3-1-4-8-17)21(26)23-14-6-2-5-9-20(25)24-27/h1,3-4,7-8,10-13,15,27H,2,5-6,9,14H2,(H,23,26)(H,24,25)/b19-15-. The van der Waals surface area contributed by atoms with Crippen LogP contribution in [0.15, 0.2) is 54.6 Å². The van der Waals surface area contributed by atoms with Gasteiger partial charge in [0, 0.05) is 18.5 Å². The fraction of sp³-hybridized carbons (Fsp3) is 0.238. The third-order valence-electron chi connectivity index (χ3n) is 4.00. The van der Waals surface area contributed by atoms with Crippen LogP contribution in [0.25, 0.3) is 11.6 Å². The summed E-state index contributed by atoms with van der Waals surface area (Å²) in [5, 5.41) is 11.3. The molecule has 0 atom stereocenters. The summed E-state index contributed by atoms with van der Waals surface area (Å²) in [4.78, 5) is 23.6. The monoisotopic (exact) mass is 370 g/mol. The van der Waals surface area contributed by atoms with Crippen LogP contribution in [-0.2, 0) is 9.59 Å². The molecule has 0 heterocycles. The van der Waals surface area contributed by atoms with Crippen molar-refractivity contribution in [2.24, 2.45) is 0 Å². The van der Waals surface area contributed by atoms with Crippen molar-refractivity contribution < 1.29 is 19.2 Å². The van der Waals surface area contributed by atoms with E-state index in [2.05, 4.69) is 5.32 Å². The summed E-state index contributed by atoms with van der Waals surface area (Å²) in [7, 11) is 0. The molecule has 27 heavy (non-hydrogen) atoms. The molecular formula is C21H23FN2O3. The summed E-state index contributed by atoms with van der Waals surface area (Å²) in [5.41, 5.74) is 3.61. The van der Waals surface area contributed by atoms with Gasteiger partial charge in [-0.3, -0.25) is 14.8 Å². The molecule has 3 N–H and O–H groups in total. The normalized spacial score (nSPS) is 11.1. The minimum absolute atomic E-state index is 0.210. The maximum Gasteiger partial charge on any atom is 0.251 e. The van der Waals surface area contributed by atoms with Gasteiger partial charge in [-0.25, -0.2) is 9.87 Å². The summed E-state index contributed by atoms with van der Waals surface area (Å²) >= 11 is 0. The molecular weight excluding hydrogens is 347 g/mol. The number of rotatable bonds is 9. The predicted molar refractivity (Wildman–Crippen MR) is 102 cm³/mol. The van der Waals surface area contributed by atoms with Crippen LogP contribution < -0.4 is 10.8 Å². The zero-order valence-corrected chi connectivity index (χ0v) is 15.0. The third kappa shape index (κ3) is 7.03. The van der Waals surface area contributed by atoms with Gasteiger partial charge in [0.05, 0.1) is 0 Å². The molecule has 2 aromatic rings. The second-order valence-electron chi connectivity index (χ2n) is 6.08. The molecule has 0 unspecified atom stereocenters. The Morgan fingerprint density at radius 1 is 0.963 bits per heavy atom. The van der Waals surface area contributed by atoms with Crippen molar-refractivity contribution >= 4 is 23.5 Å². The van der Waals surface area contributed by atoms with Crippen LogP contribution in [0, 0.1) is 5.82 Å². The zero-order valence-electron chi connectivity index (χ0n) is 15.0. The van der Waals surface area contributed by atoms with Gasteiger partial charge in [-0.2, -0.15) is 0 Å². The second kappa shape index (κ2) is 10.9. The molecule has 0 aromatic heterocycles. The number of unbranched alkanes of at least 4 members (excludes halogenated alkanes) is 2. The lowest BCUT2D eigenvalue weighted by Gasteiger charge is -2.10. The van der Waals surface area contributed by atoms with E-state index in [0.29, 0.717) is 18.5 Å². The smallest absolute Gasteiger partial charge is 0.251 e. The van der Waals surface area contributed by atoms with Gasteiger partial charge in [-0.05, 0) is 42.2 Å². The maximum absolute atomic E-state index is 13.1. The summed E-state index contributed by atoms with van der Waals surface area (Å²) < 4.78 is 13.1. The topological polar surface area (TPSA) is 78.4 Å². The SMILES string of the molecule is O=C(CCCCCNC(=O)/C(=C\c1ccc(F)cc1)c1ccccc1)NO. The van der Waals surface area contributed by atoms with Gasteiger partial charge >= 0.3 is 0 Å². The number of halogens is 1. The molecule has 0 bridgehead atoms. The van der Waals surface area contributed by atoms with E-state index >= 15 is 0 Å². The van der Waals surface area contributed by atoms with Gasteiger partial charge in [0.15, 0.2) is 0 Å². The highest BCUT2D eigenvalue weighted by molar-refractivity contribution is 6.24. The number of carbonyl (C=O) groups excluding carboxylic acids is 2. The van der Waals surface area contributed by atoms with Crippen molar-refractivity contribution in [2.45, 2.75) is 25.7 Å². The van der Waals surface area contributed by atoms with Crippen LogP contribution in [-0.4, -0.2) is 23.6 Å². The number of nitrogens with one attached hydrogen (secondary N) is 2. The number of hydrogen-bond acceptors (Lipinski definition) is 3. The molecule has 0 aliphatic heterocycles. The number of benzene rings is 2. The maximum atomic E-state index is 13.1. The Hall–Kier alpha value is -2.99. The van der Waals surface area contributed by atoms with E-state index in [-0.39, 0.29) is 18.1 Å². The highest BCUT2D eigenvalue weighted by Crippen LogP contribution is 2.19. The van der Waals surface area contributed by atoms with Crippen molar-refractivity contribution in [1.29, 1.82) is 0 Å². The van der Waals surface area contributed by atoms with E-state index in [1.54, 1.807) is 23.7 Å². The number of hydroxylamine groups is 1. The van der Waals surface area contributed by atoms with Gasteiger partial charge < -0.3 is 5.32 Å². The minimum Gasteiger partial charge on any atom is -0.352 e. The Balaban J connectivity index is 1.98. The van der Waals surface area contributed by atoms with E-state index in [9.17, 15) is 14.0 Å². The van der Waals surface area contributed by atoms with Crippen LogP contribution in [0.2, 0.25) is 0 Å². The van der Waals surface area contributed by atoms with Crippen molar-refractivity contribution in [3.05, 3.63) is 71.5 Å². The summed E-state index contributed by atoms with van der Waals surface area (Å²) in [6.07, 6.45) is 4.11. The zero-order chi connectivity index (χ0) is 19.5. The third-order valence-corrected chi connectivity index (χ3v) is 4.00. The van der Waals surface area contributed by atoms with Gasteiger partial charge in [0.2, 0.25) is 5.91 Å². The first kappa shape index (κ1) is 20.3. The Morgan fingerprint density at radius 2 is 1.67 bits per heavy atom. The largest absolute Gasteiger partial charge is 0.352 e. The molecule has 0 radical (unpaired) electrons. The van der Waals surface area contributed by atoms with E-state index in [1.807, 2.05) is 30.3 Å². The molecule has 2 rings (SSSR count). The van der Waals surface area contributed by atoms with Crippen LogP contribution in [0.4, 0.5) is 4.39 Å². The Kier molecular flexibility index (Phi) is 8.19. The average molecular weight is 370 g/mol. The first-order valence-electron chi connectivity index (χ1n) is 8.84. The van der Waals surface area contributed by atoms with Crippen LogP contribution in [0.1, 0.15) is 36.8 Å². The fourth-order valence-electron chi connectivity index (χ4n) is 2.56. The molecule has 6 heteroatoms. The van der Waals surface area contributed by atoms with E-state index in [0.717, 1.165) is 24.0 Å². The van der Waals surface area contributed by atoms with Crippen LogP contribution in [0.3, 0.4) is 0 Å². The lowest BCUT2D eigenvalue weighted by atomic mass is 10.0. The van der Waals surface area contributed by atoms with Crippen LogP contribution >= 0.6 is 0 Å². The summed E-state index contributed by atoms with van der Waals surface area (Å²) in [6.45, 7) is 0.479. The molecule has 5 nitrogen and oxygen atoms in total. The highest BCUT2D eigenvalue weighted by Gasteiger charge is 2.11. The highest BCUT2D eigenvalue weighted by atomic mass is 19.1. The van der Waals surface area contributed by atoms with Crippen molar-refractivity contribution in [2.75, 3.05) is 6.54 Å². The number of carbonyl (C=O) groups is 2. The van der Waals surface area contributed by atoms with Crippen LogP contribution in [0.5, 0.6) is 0 Å². The molecule has 0 spiro atoms. The quantitative estimate of drug-likeness (QED) is 0.208. The van der Waals surface area contributed by atoms with Gasteiger partial charge in [0.1, 0.15) is 5.82 Å². The molecule has 0 saturated heterocycles. The lowest BCUT2D eigenvalue weighted by Crippen LogP contribution is -2.25. The first-order chi connectivity index (χ1) is 13.1. The Labute approximate surface area is 157 Å². The molecule has 0 saturated carbocycles. The van der Waals surface area contributed by atoms with E-state index in [4.69, 9.17) is 5.21 Å². The minimum atomic E-state index is -0.410. The molecule has 0 aliphatic rings. The fourth-order valence-corrected chi connectivity index (χ4v) is 2.56. The van der Waals surface area contributed by atoms with Gasteiger partial charge in [-0.1, -0.05) is 48.9 Å². The molecule has 0 fully saturated rings. The predicted octanol–water partition coefficient (Wildman–Crippen LogP) is 3.55. The van der Waals surface area contributed by atoms with Gasteiger partial charge in [-0.15, -0.1) is 0 Å². The molecule has 2 amide bonds. The Morgan fingerprint density at radius 3 is 2.33 bits per heavy atom. The van der Waals surface area contributed by atoms with Crippen molar-refractivity contribution in [3.63, 3.8) is 0 Å². The van der Waals surface area contributed by atoms with E-state index < -0.39 is 5.91 Å². The van der Waals surface area contributed by atoms with E-state index in [1.165, 1.54) is 12.1 Å². The van der Waals surface area contributed by atoms with Crippen molar-refractivity contribution in [1.82, 2.24) is 10.8 Å². The first-order valence-corrected chi connectivity index (χ1v) is 8.84. The molecule has 2 aromatic carbocycles. The summed E-state index contributed by atoms with van der Waals surface area (Å²) in [6, 6.07) is 15.2. The molecule has 142 valence electrons. The van der Waals surface area contributed by atoms with Crippen molar-refractivity contribution in [3.8, 4) is 0 Å². The average Bonchev–Trinajstić information content (AvgIpc) is 2.70. The second-order valence-corrected chi connectivity index (χ2v) is 6.08. The van der Waals surface area contributed by atoms with Gasteiger partial charge in [0.25, 0.3) is 5.91 Å². The number of hydrogen-bond donors (Lipinski definition) is 3. The number of amides is 2. The Bertz CT molecular complexity index is 774. The molecule has 0 aliphatic carbocycles.